The molecule has 0 spiro atoms. The lowest BCUT2D eigenvalue weighted by atomic mass is 9.98. The Morgan fingerprint density at radius 2 is 1.50 bits per heavy atom. The Balaban J connectivity index is 1.83. The molecule has 2 aromatic rings. The summed E-state index contributed by atoms with van der Waals surface area (Å²) in [5, 5.41) is 0. The summed E-state index contributed by atoms with van der Waals surface area (Å²) in [5.41, 5.74) is 1.67. The van der Waals surface area contributed by atoms with E-state index >= 15 is 0 Å². The van der Waals surface area contributed by atoms with E-state index in [1.165, 1.54) is 0 Å². The summed E-state index contributed by atoms with van der Waals surface area (Å²) in [7, 11) is 3.25. The number of carbonyl (C=O) groups is 1. The number of ether oxygens (including phenoxy) is 5. The molecule has 174 valence electrons. The summed E-state index contributed by atoms with van der Waals surface area (Å²) in [6, 6.07) is 9.45. The molecule has 0 N–H and O–H groups in total. The van der Waals surface area contributed by atoms with Gasteiger partial charge in [0, 0.05) is 24.6 Å². The van der Waals surface area contributed by atoms with Crippen LogP contribution < -0.4 is 23.7 Å². The normalized spacial score (nSPS) is 15.4. The number of methoxy groups -OCH3 is 2. The number of carbonyl (C=O) groups excluding carboxylic acids is 1. The minimum absolute atomic E-state index is 0.0436. The van der Waals surface area contributed by atoms with E-state index in [0.717, 1.165) is 12.0 Å². The largest absolute Gasteiger partial charge is 0.493 e. The molecule has 1 heterocycles. The minimum atomic E-state index is -0.0436. The van der Waals surface area contributed by atoms with Gasteiger partial charge in [-0.05, 0) is 57.0 Å². The van der Waals surface area contributed by atoms with Crippen molar-refractivity contribution in [1.82, 2.24) is 4.90 Å². The van der Waals surface area contributed by atoms with Crippen molar-refractivity contribution in [2.45, 2.75) is 33.1 Å². The van der Waals surface area contributed by atoms with Crippen LogP contribution in [-0.4, -0.2) is 57.9 Å². The molecule has 1 fully saturated rings. The topological polar surface area (TPSA) is 66.5 Å². The van der Waals surface area contributed by atoms with E-state index in [1.54, 1.807) is 26.4 Å². The van der Waals surface area contributed by atoms with Crippen LogP contribution in [-0.2, 0) is 0 Å². The van der Waals surface area contributed by atoms with Gasteiger partial charge in [0.05, 0.1) is 34.0 Å². The van der Waals surface area contributed by atoms with Gasteiger partial charge in [0.25, 0.3) is 5.91 Å². The first kappa shape index (κ1) is 23.6. The van der Waals surface area contributed by atoms with Crippen LogP contribution in [0.4, 0.5) is 0 Å². The molecule has 32 heavy (non-hydrogen) atoms. The highest BCUT2D eigenvalue weighted by Crippen LogP contribution is 2.40. The second-order valence-corrected chi connectivity index (χ2v) is 7.45. The van der Waals surface area contributed by atoms with E-state index in [4.69, 9.17) is 23.7 Å². The van der Waals surface area contributed by atoms with Crippen LogP contribution in [0.5, 0.6) is 28.7 Å². The van der Waals surface area contributed by atoms with Gasteiger partial charge in [-0.2, -0.15) is 0 Å². The van der Waals surface area contributed by atoms with Crippen molar-refractivity contribution in [2.24, 2.45) is 0 Å². The molecular weight excluding hydrogens is 410 g/mol. The van der Waals surface area contributed by atoms with Gasteiger partial charge in [-0.1, -0.05) is 6.07 Å². The number of likely N-dealkylation sites (tertiary alicyclic amines) is 1. The molecule has 2 aromatic carbocycles. The van der Waals surface area contributed by atoms with Gasteiger partial charge in [0.2, 0.25) is 5.75 Å². The molecule has 1 saturated heterocycles. The first-order valence-corrected chi connectivity index (χ1v) is 11.1. The molecule has 1 aliphatic heterocycles. The maximum Gasteiger partial charge on any atom is 0.254 e. The second kappa shape index (κ2) is 11.0. The van der Waals surface area contributed by atoms with Crippen molar-refractivity contribution in [2.75, 3.05) is 47.1 Å². The molecule has 1 unspecified atom stereocenters. The molecule has 1 atom stereocenters. The predicted octanol–water partition coefficient (Wildman–Crippen LogP) is 4.53. The Kier molecular flexibility index (Phi) is 8.09. The van der Waals surface area contributed by atoms with Crippen LogP contribution in [0, 0.1) is 0 Å². The summed E-state index contributed by atoms with van der Waals surface area (Å²) in [6.45, 7) is 8.43. The van der Waals surface area contributed by atoms with E-state index in [1.807, 2.05) is 43.9 Å². The van der Waals surface area contributed by atoms with Crippen LogP contribution in [0.1, 0.15) is 49.0 Å². The van der Waals surface area contributed by atoms with Gasteiger partial charge >= 0.3 is 0 Å². The van der Waals surface area contributed by atoms with Crippen molar-refractivity contribution < 1.29 is 28.5 Å². The Bertz CT molecular complexity index is 902. The third kappa shape index (κ3) is 5.03. The fourth-order valence-electron chi connectivity index (χ4n) is 4.02. The average molecular weight is 444 g/mol. The molecule has 0 aromatic heterocycles. The molecule has 1 aliphatic rings. The molecule has 3 rings (SSSR count). The minimum Gasteiger partial charge on any atom is -0.493 e. The molecule has 7 nitrogen and oxygen atoms in total. The number of hydrogen-bond acceptors (Lipinski definition) is 6. The molecule has 0 radical (unpaired) electrons. The van der Waals surface area contributed by atoms with Crippen LogP contribution in [0.25, 0.3) is 0 Å². The Morgan fingerprint density at radius 3 is 2.06 bits per heavy atom. The van der Waals surface area contributed by atoms with Crippen LogP contribution in [0.15, 0.2) is 30.3 Å². The lowest BCUT2D eigenvalue weighted by Gasteiger charge is -2.20. The van der Waals surface area contributed by atoms with Crippen molar-refractivity contribution in [3.05, 3.63) is 41.5 Å². The molecule has 7 heteroatoms. The highest BCUT2D eigenvalue weighted by molar-refractivity contribution is 5.96. The highest BCUT2D eigenvalue weighted by atomic mass is 16.5. The highest BCUT2D eigenvalue weighted by Gasteiger charge is 2.30. The summed E-state index contributed by atoms with van der Waals surface area (Å²) in [5.74, 6) is 3.18. The maximum absolute atomic E-state index is 13.4. The lowest BCUT2D eigenvalue weighted by Crippen LogP contribution is -2.28. The van der Waals surface area contributed by atoms with Crippen LogP contribution in [0.2, 0.25) is 0 Å². The number of amides is 1. The van der Waals surface area contributed by atoms with Gasteiger partial charge < -0.3 is 28.6 Å². The van der Waals surface area contributed by atoms with Crippen molar-refractivity contribution >= 4 is 5.91 Å². The maximum atomic E-state index is 13.4. The van der Waals surface area contributed by atoms with Crippen molar-refractivity contribution in [1.29, 1.82) is 0 Å². The molecule has 0 saturated carbocycles. The van der Waals surface area contributed by atoms with Crippen LogP contribution >= 0.6 is 0 Å². The Hall–Kier alpha value is -3.09. The lowest BCUT2D eigenvalue weighted by molar-refractivity contribution is 0.0789. The summed E-state index contributed by atoms with van der Waals surface area (Å²) >= 11 is 0. The monoisotopic (exact) mass is 443 g/mol. The predicted molar refractivity (Wildman–Crippen MR) is 123 cm³/mol. The number of hydrogen-bond donors (Lipinski definition) is 0. The van der Waals surface area contributed by atoms with Crippen molar-refractivity contribution in [3.63, 3.8) is 0 Å². The van der Waals surface area contributed by atoms with E-state index in [9.17, 15) is 4.79 Å². The zero-order chi connectivity index (χ0) is 23.1. The first-order valence-electron chi connectivity index (χ1n) is 11.1. The molecule has 1 amide bonds. The Labute approximate surface area is 190 Å². The number of nitrogens with zero attached hydrogens (tertiary/aromatic N) is 1. The first-order chi connectivity index (χ1) is 15.6. The summed E-state index contributed by atoms with van der Waals surface area (Å²) in [6.07, 6.45) is 0.884. The molecular formula is C25H33NO6. The van der Waals surface area contributed by atoms with Gasteiger partial charge in [-0.25, -0.2) is 0 Å². The smallest absolute Gasteiger partial charge is 0.254 e. The Morgan fingerprint density at radius 1 is 0.875 bits per heavy atom. The second-order valence-electron chi connectivity index (χ2n) is 7.45. The van der Waals surface area contributed by atoms with E-state index in [2.05, 4.69) is 0 Å². The number of rotatable bonds is 10. The van der Waals surface area contributed by atoms with E-state index < -0.39 is 0 Å². The van der Waals surface area contributed by atoms with E-state index in [0.29, 0.717) is 67.2 Å². The molecule has 0 aliphatic carbocycles. The average Bonchev–Trinajstić information content (AvgIpc) is 3.30. The SMILES string of the molecule is CCOc1cc(C(=O)N2CCC(c3ccc(OC)c(OC)c3)C2)cc(OCC)c1OCC. The van der Waals surface area contributed by atoms with Crippen molar-refractivity contribution in [3.8, 4) is 28.7 Å². The van der Waals surface area contributed by atoms with Gasteiger partial charge in [0.15, 0.2) is 23.0 Å². The van der Waals surface area contributed by atoms with E-state index in [-0.39, 0.29) is 11.8 Å². The number of benzene rings is 2. The van der Waals surface area contributed by atoms with Gasteiger partial charge in [0.1, 0.15) is 0 Å². The quantitative estimate of drug-likeness (QED) is 0.538. The fraction of sp³-hybridized carbons (Fsp3) is 0.480. The standard InChI is InChI=1S/C25H33NO6/c1-6-30-22-14-19(15-23(31-7-2)24(22)32-8-3)25(27)26-12-11-18(16-26)17-9-10-20(28-4)21(13-17)29-5/h9-10,13-15,18H,6-8,11-12,16H2,1-5H3. The summed E-state index contributed by atoms with van der Waals surface area (Å²) in [4.78, 5) is 15.2. The van der Waals surface area contributed by atoms with Gasteiger partial charge in [-0.3, -0.25) is 4.79 Å². The zero-order valence-electron chi connectivity index (χ0n) is 19.6. The molecule has 0 bridgehead atoms. The fourth-order valence-corrected chi connectivity index (χ4v) is 4.02. The third-order valence-electron chi connectivity index (χ3n) is 5.51. The van der Waals surface area contributed by atoms with Gasteiger partial charge in [-0.15, -0.1) is 0 Å². The van der Waals surface area contributed by atoms with Crippen LogP contribution in [0.3, 0.4) is 0 Å². The summed E-state index contributed by atoms with van der Waals surface area (Å²) < 4.78 is 28.1. The third-order valence-corrected chi connectivity index (χ3v) is 5.51. The zero-order valence-corrected chi connectivity index (χ0v) is 19.6.